The van der Waals surface area contributed by atoms with E-state index in [1.807, 2.05) is 49.4 Å². The molecule has 4 rings (SSSR count). The van der Waals surface area contributed by atoms with Crippen LogP contribution in [0.5, 0.6) is 5.75 Å². The van der Waals surface area contributed by atoms with Crippen molar-refractivity contribution in [2.24, 2.45) is 0 Å². The summed E-state index contributed by atoms with van der Waals surface area (Å²) in [4.78, 5) is 39.9. The highest BCUT2D eigenvalue weighted by atomic mass is 32.1. The van der Waals surface area contributed by atoms with Crippen molar-refractivity contribution in [3.8, 4) is 16.2 Å². The second kappa shape index (κ2) is 9.23. The molecule has 0 bridgehead atoms. The van der Waals surface area contributed by atoms with E-state index in [0.29, 0.717) is 22.0 Å². The summed E-state index contributed by atoms with van der Waals surface area (Å²) in [5.74, 6) is -0.837. The van der Waals surface area contributed by atoms with E-state index in [-0.39, 0.29) is 25.6 Å². The van der Waals surface area contributed by atoms with Gasteiger partial charge in [-0.1, -0.05) is 36.4 Å². The highest BCUT2D eigenvalue weighted by Gasteiger charge is 2.27. The molecule has 164 valence electrons. The number of carbonyl (C=O) groups is 3. The average molecular weight is 451 g/mol. The standard InChI is InChI=1S/C24H22N2O5S/c1-3-30-24(29)17-12-20(16-7-5-4-6-8-16)32-23(17)25-21(27)13-26-14-22(28)31-19-11-15(2)9-10-18(19)26/h4-12H,3,13-14H2,1-2H3,(H,25,27). The van der Waals surface area contributed by atoms with E-state index in [1.54, 1.807) is 24.0 Å². The molecule has 1 aliphatic rings. The van der Waals surface area contributed by atoms with Gasteiger partial charge in [0.1, 0.15) is 11.5 Å². The number of hydrogen-bond acceptors (Lipinski definition) is 7. The van der Waals surface area contributed by atoms with E-state index >= 15 is 0 Å². The predicted molar refractivity (Wildman–Crippen MR) is 123 cm³/mol. The Kier molecular flexibility index (Phi) is 6.23. The average Bonchev–Trinajstić information content (AvgIpc) is 3.18. The fourth-order valence-electron chi connectivity index (χ4n) is 3.43. The molecule has 3 aromatic rings. The minimum atomic E-state index is -0.497. The molecule has 0 saturated heterocycles. The molecule has 0 spiro atoms. The normalized spacial score (nSPS) is 12.7. The van der Waals surface area contributed by atoms with Crippen LogP contribution in [-0.2, 0) is 14.3 Å². The Labute approximate surface area is 189 Å². The Bertz CT molecular complexity index is 1170. The molecule has 0 saturated carbocycles. The minimum absolute atomic E-state index is 0.0338. The van der Waals surface area contributed by atoms with E-state index in [4.69, 9.17) is 9.47 Å². The molecule has 0 fully saturated rings. The second-order valence-electron chi connectivity index (χ2n) is 7.29. The van der Waals surface area contributed by atoms with Crippen molar-refractivity contribution in [1.29, 1.82) is 0 Å². The van der Waals surface area contributed by atoms with Crippen LogP contribution in [0.15, 0.2) is 54.6 Å². The highest BCUT2D eigenvalue weighted by Crippen LogP contribution is 2.36. The van der Waals surface area contributed by atoms with Crippen LogP contribution >= 0.6 is 11.3 Å². The van der Waals surface area contributed by atoms with Crippen molar-refractivity contribution in [3.63, 3.8) is 0 Å². The quantitative estimate of drug-likeness (QED) is 0.446. The monoisotopic (exact) mass is 450 g/mol. The molecular weight excluding hydrogens is 428 g/mol. The first-order valence-electron chi connectivity index (χ1n) is 10.2. The largest absolute Gasteiger partial charge is 0.462 e. The first kappa shape index (κ1) is 21.6. The van der Waals surface area contributed by atoms with Gasteiger partial charge >= 0.3 is 11.9 Å². The zero-order valence-corrected chi connectivity index (χ0v) is 18.5. The van der Waals surface area contributed by atoms with Crippen LogP contribution in [0.25, 0.3) is 10.4 Å². The molecule has 2 heterocycles. The lowest BCUT2D eigenvalue weighted by Crippen LogP contribution is -2.41. The van der Waals surface area contributed by atoms with Gasteiger partial charge in [-0.2, -0.15) is 0 Å². The molecule has 2 aromatic carbocycles. The topological polar surface area (TPSA) is 84.9 Å². The van der Waals surface area contributed by atoms with E-state index in [1.165, 1.54) is 11.3 Å². The number of carbonyl (C=O) groups excluding carboxylic acids is 3. The summed E-state index contributed by atoms with van der Waals surface area (Å²) in [7, 11) is 0. The molecule has 0 atom stereocenters. The van der Waals surface area contributed by atoms with Gasteiger partial charge in [-0.15, -0.1) is 11.3 Å². The summed E-state index contributed by atoms with van der Waals surface area (Å²) in [6.45, 7) is 3.77. The summed E-state index contributed by atoms with van der Waals surface area (Å²) in [6.07, 6.45) is 0. The maximum Gasteiger partial charge on any atom is 0.341 e. The van der Waals surface area contributed by atoms with E-state index in [0.717, 1.165) is 16.0 Å². The molecule has 32 heavy (non-hydrogen) atoms. The third-order valence-electron chi connectivity index (χ3n) is 4.87. The van der Waals surface area contributed by atoms with Crippen LogP contribution in [-0.4, -0.2) is 37.5 Å². The van der Waals surface area contributed by atoms with Gasteiger partial charge in [-0.05, 0) is 43.2 Å². The Balaban J connectivity index is 1.57. The van der Waals surface area contributed by atoms with Gasteiger partial charge in [0.05, 0.1) is 24.4 Å². The fourth-order valence-corrected chi connectivity index (χ4v) is 4.50. The number of thiophene rings is 1. The molecule has 7 nitrogen and oxygen atoms in total. The first-order chi connectivity index (χ1) is 15.4. The van der Waals surface area contributed by atoms with Crippen molar-refractivity contribution in [1.82, 2.24) is 0 Å². The fraction of sp³-hybridized carbons (Fsp3) is 0.208. The highest BCUT2D eigenvalue weighted by molar-refractivity contribution is 7.20. The van der Waals surface area contributed by atoms with E-state index < -0.39 is 11.9 Å². The van der Waals surface area contributed by atoms with Gasteiger partial charge < -0.3 is 19.7 Å². The number of esters is 2. The molecule has 1 aromatic heterocycles. The van der Waals surface area contributed by atoms with Crippen LogP contribution in [0.1, 0.15) is 22.8 Å². The SMILES string of the molecule is CCOC(=O)c1cc(-c2ccccc2)sc1NC(=O)CN1CC(=O)Oc2cc(C)ccc21. The number of fused-ring (bicyclic) bond motifs is 1. The number of hydrogen-bond donors (Lipinski definition) is 1. The number of benzene rings is 2. The lowest BCUT2D eigenvalue weighted by molar-refractivity contribution is -0.133. The van der Waals surface area contributed by atoms with Crippen LogP contribution < -0.4 is 15.0 Å². The van der Waals surface area contributed by atoms with Gasteiger partial charge in [0.25, 0.3) is 0 Å². The Morgan fingerprint density at radius 1 is 1.16 bits per heavy atom. The molecule has 1 amide bonds. The van der Waals surface area contributed by atoms with Gasteiger partial charge in [-0.25, -0.2) is 9.59 Å². The maximum absolute atomic E-state index is 12.9. The number of amides is 1. The second-order valence-corrected chi connectivity index (χ2v) is 8.34. The van der Waals surface area contributed by atoms with Gasteiger partial charge in [0, 0.05) is 4.88 Å². The van der Waals surface area contributed by atoms with Crippen LogP contribution in [0.3, 0.4) is 0 Å². The Hall–Kier alpha value is -3.65. The summed E-state index contributed by atoms with van der Waals surface area (Å²) in [6, 6.07) is 16.8. The number of nitrogens with zero attached hydrogens (tertiary/aromatic N) is 1. The van der Waals surface area contributed by atoms with Gasteiger partial charge in [-0.3, -0.25) is 4.79 Å². The molecule has 0 aliphatic carbocycles. The lowest BCUT2D eigenvalue weighted by Gasteiger charge is -2.29. The summed E-state index contributed by atoms with van der Waals surface area (Å²) < 4.78 is 10.5. The number of anilines is 2. The van der Waals surface area contributed by atoms with Gasteiger partial charge in [0.15, 0.2) is 5.75 Å². The smallest absolute Gasteiger partial charge is 0.341 e. The Morgan fingerprint density at radius 3 is 2.69 bits per heavy atom. The van der Waals surface area contributed by atoms with Gasteiger partial charge in [0.2, 0.25) is 5.91 Å². The molecule has 0 unspecified atom stereocenters. The van der Waals surface area contributed by atoms with Crippen molar-refractivity contribution in [2.45, 2.75) is 13.8 Å². The van der Waals surface area contributed by atoms with Crippen LogP contribution in [0.2, 0.25) is 0 Å². The number of nitrogens with one attached hydrogen (secondary N) is 1. The maximum atomic E-state index is 12.9. The predicted octanol–water partition coefficient (Wildman–Crippen LogP) is 4.26. The zero-order valence-electron chi connectivity index (χ0n) is 17.7. The lowest BCUT2D eigenvalue weighted by atomic mass is 10.1. The number of rotatable bonds is 6. The Morgan fingerprint density at radius 2 is 1.94 bits per heavy atom. The number of aryl methyl sites for hydroxylation is 1. The third-order valence-corrected chi connectivity index (χ3v) is 5.97. The van der Waals surface area contributed by atoms with E-state index in [2.05, 4.69) is 5.32 Å². The molecule has 0 radical (unpaired) electrons. The van der Waals surface area contributed by atoms with Crippen molar-refractivity contribution >= 4 is 39.9 Å². The molecule has 1 N–H and O–H groups in total. The van der Waals surface area contributed by atoms with Crippen LogP contribution in [0.4, 0.5) is 10.7 Å². The summed E-state index contributed by atoms with van der Waals surface area (Å²) in [5, 5.41) is 3.24. The van der Waals surface area contributed by atoms with E-state index in [9.17, 15) is 14.4 Å². The molecule has 1 aliphatic heterocycles. The molecule has 8 heteroatoms. The molecular formula is C24H22N2O5S. The number of ether oxygens (including phenoxy) is 2. The summed E-state index contributed by atoms with van der Waals surface area (Å²) >= 11 is 1.30. The minimum Gasteiger partial charge on any atom is -0.462 e. The van der Waals surface area contributed by atoms with Crippen molar-refractivity contribution in [2.75, 3.05) is 29.9 Å². The van der Waals surface area contributed by atoms with Crippen molar-refractivity contribution in [3.05, 3.63) is 65.7 Å². The zero-order chi connectivity index (χ0) is 22.7. The van der Waals surface area contributed by atoms with Crippen LogP contribution in [0, 0.1) is 6.92 Å². The summed E-state index contributed by atoms with van der Waals surface area (Å²) in [5.41, 5.74) is 2.87. The first-order valence-corrected chi connectivity index (χ1v) is 11.0. The third kappa shape index (κ3) is 4.65. The van der Waals surface area contributed by atoms with Crippen molar-refractivity contribution < 1.29 is 23.9 Å².